The fourth-order valence-electron chi connectivity index (χ4n) is 4.28. The highest BCUT2D eigenvalue weighted by atomic mass is 35.5. The van der Waals surface area contributed by atoms with Crippen LogP contribution in [0, 0.1) is 35.3 Å². The summed E-state index contributed by atoms with van der Waals surface area (Å²) >= 11 is 6.13. The number of nitrogens with zero attached hydrogens (tertiary/aromatic N) is 4. The van der Waals surface area contributed by atoms with E-state index in [4.69, 9.17) is 16.3 Å². The van der Waals surface area contributed by atoms with Gasteiger partial charge in [-0.1, -0.05) is 25.4 Å². The smallest absolute Gasteiger partial charge is 0.256 e. The first kappa shape index (κ1) is 21.3. The Balaban J connectivity index is 1.41. The molecular weight excluding hydrogens is 438 g/mol. The van der Waals surface area contributed by atoms with Crippen molar-refractivity contribution in [2.24, 2.45) is 23.7 Å². The van der Waals surface area contributed by atoms with Gasteiger partial charge in [-0.25, -0.2) is 8.78 Å². The first-order valence-electron chi connectivity index (χ1n) is 10.8. The second-order valence-electron chi connectivity index (χ2n) is 9.01. The number of piperidine rings is 1. The van der Waals surface area contributed by atoms with E-state index in [-0.39, 0.29) is 34.1 Å². The molecule has 7 nitrogen and oxygen atoms in total. The van der Waals surface area contributed by atoms with Crippen LogP contribution in [0.25, 0.3) is 17.2 Å². The molecule has 2 aliphatic rings. The summed E-state index contributed by atoms with van der Waals surface area (Å²) in [5.41, 5.74) is -0.325. The summed E-state index contributed by atoms with van der Waals surface area (Å²) in [6.45, 7) is 8.62. The molecule has 0 radical (unpaired) electrons. The van der Waals surface area contributed by atoms with Crippen LogP contribution in [0.3, 0.4) is 0 Å². The Labute approximate surface area is 189 Å². The lowest BCUT2D eigenvalue weighted by Gasteiger charge is -2.18. The Bertz CT molecular complexity index is 1140. The third-order valence-corrected chi connectivity index (χ3v) is 6.80. The average Bonchev–Trinajstić information content (AvgIpc) is 3.06. The van der Waals surface area contributed by atoms with Crippen molar-refractivity contribution in [3.63, 3.8) is 0 Å². The van der Waals surface area contributed by atoms with Gasteiger partial charge in [0.05, 0.1) is 12.2 Å². The van der Waals surface area contributed by atoms with Gasteiger partial charge < -0.3 is 15.4 Å². The molecule has 0 amide bonds. The maximum absolute atomic E-state index is 14.9. The molecule has 2 N–H and O–H groups in total. The molecule has 1 saturated heterocycles. The van der Waals surface area contributed by atoms with Gasteiger partial charge in [-0.05, 0) is 37.8 Å². The summed E-state index contributed by atoms with van der Waals surface area (Å²) in [5.74, 6) is 1.21. The molecule has 0 bridgehead atoms. The number of aromatic nitrogens is 4. The van der Waals surface area contributed by atoms with Crippen LogP contribution in [0.5, 0.6) is 5.75 Å². The van der Waals surface area contributed by atoms with E-state index in [2.05, 4.69) is 39.5 Å². The molecule has 3 aromatic rings. The van der Waals surface area contributed by atoms with Crippen LogP contribution in [0.1, 0.15) is 20.8 Å². The van der Waals surface area contributed by atoms with Crippen LogP contribution in [0.15, 0.2) is 18.2 Å². The van der Waals surface area contributed by atoms with Crippen LogP contribution in [-0.4, -0.2) is 45.3 Å². The zero-order chi connectivity index (χ0) is 22.6. The molecule has 1 aromatic carbocycles. The molecule has 4 atom stereocenters. The Morgan fingerprint density at radius 2 is 1.84 bits per heavy atom. The van der Waals surface area contributed by atoms with Crippen LogP contribution >= 0.6 is 11.6 Å². The third kappa shape index (κ3) is 3.88. The Morgan fingerprint density at radius 1 is 1.16 bits per heavy atom. The van der Waals surface area contributed by atoms with Crippen molar-refractivity contribution in [3.05, 3.63) is 35.0 Å². The van der Waals surface area contributed by atoms with Gasteiger partial charge in [0, 0.05) is 30.2 Å². The molecule has 2 fully saturated rings. The Morgan fingerprint density at radius 3 is 2.50 bits per heavy atom. The number of anilines is 1. The molecule has 0 spiro atoms. The molecule has 1 aliphatic carbocycles. The van der Waals surface area contributed by atoms with E-state index in [1.165, 1.54) is 16.6 Å². The van der Waals surface area contributed by atoms with Gasteiger partial charge in [-0.3, -0.25) is 0 Å². The maximum atomic E-state index is 14.9. The number of rotatable bonds is 7. The minimum Gasteiger partial charge on any atom is -0.493 e. The van der Waals surface area contributed by atoms with Crippen molar-refractivity contribution >= 4 is 23.2 Å². The predicted octanol–water partition coefficient (Wildman–Crippen LogP) is 4.02. The highest BCUT2D eigenvalue weighted by molar-refractivity contribution is 6.29. The number of halogens is 3. The molecule has 5 rings (SSSR count). The predicted molar refractivity (Wildman–Crippen MR) is 118 cm³/mol. The molecule has 170 valence electrons. The van der Waals surface area contributed by atoms with E-state index in [0.29, 0.717) is 36.1 Å². The van der Waals surface area contributed by atoms with Gasteiger partial charge in [-0.2, -0.15) is 14.5 Å². The average molecular weight is 463 g/mol. The molecule has 10 heteroatoms. The summed E-state index contributed by atoms with van der Waals surface area (Å²) in [5, 5.41) is 11.1. The molecule has 2 aromatic heterocycles. The SMILES string of the molecule is CC(C)[C@@H](C)Nc1cc(Cl)nc2nc(-c3c(F)cc(OCC4[C@H]5CNC[C@@H]45)cc3F)nn12. The number of hydrogen-bond donors (Lipinski definition) is 2. The number of benzene rings is 1. The van der Waals surface area contributed by atoms with Gasteiger partial charge in [0.1, 0.15) is 28.4 Å². The highest BCUT2D eigenvalue weighted by Gasteiger charge is 2.53. The minimum atomic E-state index is -0.787. The standard InChI is InChI=1S/C22H25ClF2N6O/c1-10(2)11(3)27-19-6-18(23)28-22-29-21(30-31(19)22)20-16(24)4-12(5-17(20)25)32-9-15-13-7-26-8-14(13)15/h4-6,10-11,13-15,26-27H,7-9H2,1-3H3/t11-,13-,14+,15?/m1/s1. The summed E-state index contributed by atoms with van der Waals surface area (Å²) in [6, 6.07) is 4.08. The topological polar surface area (TPSA) is 76.4 Å². The molecule has 3 heterocycles. The monoisotopic (exact) mass is 462 g/mol. The van der Waals surface area contributed by atoms with Crippen LogP contribution in [0.4, 0.5) is 14.6 Å². The lowest BCUT2D eigenvalue weighted by Crippen LogP contribution is -2.23. The summed E-state index contributed by atoms with van der Waals surface area (Å²) in [6.07, 6.45) is 0. The van der Waals surface area contributed by atoms with Crippen LogP contribution < -0.4 is 15.4 Å². The first-order valence-corrected chi connectivity index (χ1v) is 11.2. The summed E-state index contributed by atoms with van der Waals surface area (Å²) in [4.78, 5) is 8.35. The van der Waals surface area contributed by atoms with Gasteiger partial charge in [0.2, 0.25) is 0 Å². The molecule has 32 heavy (non-hydrogen) atoms. The first-order chi connectivity index (χ1) is 15.3. The molecule has 1 unspecified atom stereocenters. The normalized spacial score (nSPS) is 22.9. The van der Waals surface area contributed by atoms with Crippen LogP contribution in [0.2, 0.25) is 5.15 Å². The minimum absolute atomic E-state index is 0.107. The van der Waals surface area contributed by atoms with E-state index in [9.17, 15) is 8.78 Å². The van der Waals surface area contributed by atoms with Crippen molar-refractivity contribution in [2.75, 3.05) is 25.0 Å². The highest BCUT2D eigenvalue weighted by Crippen LogP contribution is 2.48. The summed E-state index contributed by atoms with van der Waals surface area (Å²) in [7, 11) is 0. The van der Waals surface area contributed by atoms with Crippen molar-refractivity contribution in [3.8, 4) is 17.1 Å². The van der Waals surface area contributed by atoms with Gasteiger partial charge in [0.15, 0.2) is 5.82 Å². The van der Waals surface area contributed by atoms with E-state index < -0.39 is 11.6 Å². The van der Waals surface area contributed by atoms with Crippen molar-refractivity contribution in [2.45, 2.75) is 26.8 Å². The fraction of sp³-hybridized carbons (Fsp3) is 0.500. The number of hydrogen-bond acceptors (Lipinski definition) is 6. The fourth-order valence-corrected chi connectivity index (χ4v) is 4.46. The second kappa shape index (κ2) is 8.12. The lowest BCUT2D eigenvalue weighted by atomic mass is 10.1. The van der Waals surface area contributed by atoms with E-state index in [1.807, 2.05) is 6.92 Å². The molecule has 1 aliphatic heterocycles. The van der Waals surface area contributed by atoms with Crippen molar-refractivity contribution in [1.82, 2.24) is 24.9 Å². The van der Waals surface area contributed by atoms with E-state index >= 15 is 0 Å². The summed E-state index contributed by atoms with van der Waals surface area (Å²) < 4.78 is 36.9. The van der Waals surface area contributed by atoms with Gasteiger partial charge in [0.25, 0.3) is 5.78 Å². The lowest BCUT2D eigenvalue weighted by molar-refractivity contribution is 0.278. The zero-order valence-corrected chi connectivity index (χ0v) is 18.8. The number of fused-ring (bicyclic) bond motifs is 2. The molecule has 1 saturated carbocycles. The second-order valence-corrected chi connectivity index (χ2v) is 9.40. The zero-order valence-electron chi connectivity index (χ0n) is 18.1. The Hall–Kier alpha value is -2.52. The van der Waals surface area contributed by atoms with Crippen LogP contribution in [-0.2, 0) is 0 Å². The molecular formula is C22H25ClF2N6O. The largest absolute Gasteiger partial charge is 0.493 e. The number of ether oxygens (including phenoxy) is 1. The third-order valence-electron chi connectivity index (χ3n) is 6.61. The quantitative estimate of drug-likeness (QED) is 0.516. The van der Waals surface area contributed by atoms with E-state index in [0.717, 1.165) is 13.1 Å². The number of nitrogens with one attached hydrogen (secondary N) is 2. The Kier molecular flexibility index (Phi) is 5.41. The maximum Gasteiger partial charge on any atom is 0.256 e. The van der Waals surface area contributed by atoms with Crippen molar-refractivity contribution in [1.29, 1.82) is 0 Å². The van der Waals surface area contributed by atoms with E-state index in [1.54, 1.807) is 6.07 Å². The van der Waals surface area contributed by atoms with Crippen molar-refractivity contribution < 1.29 is 13.5 Å². The van der Waals surface area contributed by atoms with Gasteiger partial charge >= 0.3 is 0 Å². The van der Waals surface area contributed by atoms with Gasteiger partial charge in [-0.15, -0.1) is 5.10 Å².